The van der Waals surface area contributed by atoms with Gasteiger partial charge < -0.3 is 14.8 Å². The Labute approximate surface area is 142 Å². The van der Waals surface area contributed by atoms with Gasteiger partial charge in [-0.1, -0.05) is 37.6 Å². The Kier molecular flexibility index (Phi) is 7.15. The fourth-order valence-electron chi connectivity index (χ4n) is 2.67. The van der Waals surface area contributed by atoms with Crippen LogP contribution in [0.4, 0.5) is 0 Å². The highest BCUT2D eigenvalue weighted by Gasteiger charge is 2.24. The van der Waals surface area contributed by atoms with Crippen LogP contribution >= 0.6 is 11.6 Å². The van der Waals surface area contributed by atoms with E-state index in [0.29, 0.717) is 29.3 Å². The number of carbonyl (C=O) groups excluding carboxylic acids is 1. The van der Waals surface area contributed by atoms with Gasteiger partial charge >= 0.3 is 0 Å². The Morgan fingerprint density at radius 1 is 1.35 bits per heavy atom. The average molecular weight is 341 g/mol. The van der Waals surface area contributed by atoms with Crippen LogP contribution in [0.3, 0.4) is 0 Å². The lowest BCUT2D eigenvalue weighted by molar-refractivity contribution is -0.123. The van der Waals surface area contributed by atoms with Crippen molar-refractivity contribution in [3.05, 3.63) is 29.3 Å². The van der Waals surface area contributed by atoms with Gasteiger partial charge in [0.15, 0.2) is 6.61 Å². The summed E-state index contributed by atoms with van der Waals surface area (Å²) in [6.07, 6.45) is 0. The minimum Gasteiger partial charge on any atom is -0.482 e. The van der Waals surface area contributed by atoms with Gasteiger partial charge in [0.05, 0.1) is 18.2 Å². The zero-order valence-corrected chi connectivity index (χ0v) is 14.5. The molecule has 0 aromatic heterocycles. The number of morpholine rings is 1. The molecule has 1 saturated heterocycles. The number of nitrogens with zero attached hydrogens (tertiary/aromatic N) is 1. The highest BCUT2D eigenvalue weighted by atomic mass is 35.5. The lowest BCUT2D eigenvalue weighted by Gasteiger charge is -2.36. The summed E-state index contributed by atoms with van der Waals surface area (Å²) in [6.45, 7) is 8.27. The first-order valence-electron chi connectivity index (χ1n) is 8.03. The molecule has 0 radical (unpaired) electrons. The lowest BCUT2D eigenvalue weighted by Crippen LogP contribution is -2.51. The number of amides is 1. The van der Waals surface area contributed by atoms with Gasteiger partial charge in [-0.3, -0.25) is 9.69 Å². The minimum absolute atomic E-state index is 0.0301. The molecule has 1 N–H and O–H groups in total. The molecule has 1 amide bonds. The summed E-state index contributed by atoms with van der Waals surface area (Å²) in [5, 5.41) is 3.47. The van der Waals surface area contributed by atoms with Crippen LogP contribution in [0.5, 0.6) is 5.75 Å². The molecule has 0 saturated carbocycles. The van der Waals surface area contributed by atoms with Crippen LogP contribution in [0, 0.1) is 5.92 Å². The molecule has 1 aromatic carbocycles. The molecule has 0 spiro atoms. The third-order valence-corrected chi connectivity index (χ3v) is 4.30. The summed E-state index contributed by atoms with van der Waals surface area (Å²) in [5.74, 6) is 0.847. The number of rotatable bonds is 7. The molecule has 0 bridgehead atoms. The summed E-state index contributed by atoms with van der Waals surface area (Å²) in [4.78, 5) is 14.4. The fraction of sp³-hybridized carbons (Fsp3) is 0.588. The van der Waals surface area contributed by atoms with E-state index in [9.17, 15) is 4.79 Å². The van der Waals surface area contributed by atoms with Crippen LogP contribution in [-0.4, -0.2) is 56.3 Å². The van der Waals surface area contributed by atoms with Crippen LogP contribution in [0.25, 0.3) is 0 Å². The Bertz CT molecular complexity index is 504. The van der Waals surface area contributed by atoms with Gasteiger partial charge in [0.25, 0.3) is 5.91 Å². The number of ether oxygens (including phenoxy) is 2. The van der Waals surface area contributed by atoms with E-state index in [2.05, 4.69) is 24.1 Å². The minimum atomic E-state index is -0.135. The first-order valence-corrected chi connectivity index (χ1v) is 8.41. The van der Waals surface area contributed by atoms with Crippen molar-refractivity contribution >= 4 is 17.5 Å². The van der Waals surface area contributed by atoms with E-state index >= 15 is 0 Å². The van der Waals surface area contributed by atoms with E-state index in [0.717, 1.165) is 26.3 Å². The van der Waals surface area contributed by atoms with Crippen molar-refractivity contribution in [2.75, 3.05) is 39.5 Å². The standard InChI is InChI=1S/C17H25ClN2O3/c1-13(2)15(20-7-9-22-10-8-20)11-19-17(21)12-23-16-6-4-3-5-14(16)18/h3-6,13,15H,7-12H2,1-2H3,(H,19,21). The van der Waals surface area contributed by atoms with Crippen LogP contribution < -0.4 is 10.1 Å². The molecule has 1 aliphatic rings. The highest BCUT2D eigenvalue weighted by Crippen LogP contribution is 2.22. The molecule has 5 nitrogen and oxygen atoms in total. The molecule has 0 aliphatic carbocycles. The second-order valence-electron chi connectivity index (χ2n) is 5.98. The van der Waals surface area contributed by atoms with E-state index < -0.39 is 0 Å². The number of hydrogen-bond donors (Lipinski definition) is 1. The summed E-state index contributed by atoms with van der Waals surface area (Å²) < 4.78 is 10.9. The second-order valence-corrected chi connectivity index (χ2v) is 6.39. The van der Waals surface area contributed by atoms with Crippen molar-refractivity contribution in [2.45, 2.75) is 19.9 Å². The van der Waals surface area contributed by atoms with Crippen LogP contribution in [0.15, 0.2) is 24.3 Å². The predicted octanol–water partition coefficient (Wildman–Crippen LogP) is 2.19. The predicted molar refractivity (Wildman–Crippen MR) is 91.0 cm³/mol. The SMILES string of the molecule is CC(C)C(CNC(=O)COc1ccccc1Cl)N1CCOCC1. The number of para-hydroxylation sites is 1. The topological polar surface area (TPSA) is 50.8 Å². The van der Waals surface area contributed by atoms with Crippen LogP contribution in [0.1, 0.15) is 13.8 Å². The van der Waals surface area contributed by atoms with Gasteiger partial charge in [0.2, 0.25) is 0 Å². The molecular weight excluding hydrogens is 316 g/mol. The Morgan fingerprint density at radius 2 is 2.04 bits per heavy atom. The lowest BCUT2D eigenvalue weighted by atomic mass is 10.0. The number of benzene rings is 1. The molecule has 2 rings (SSSR count). The third kappa shape index (κ3) is 5.68. The largest absolute Gasteiger partial charge is 0.482 e. The van der Waals surface area contributed by atoms with Crippen molar-refractivity contribution in [1.82, 2.24) is 10.2 Å². The average Bonchev–Trinajstić information content (AvgIpc) is 2.55. The van der Waals surface area contributed by atoms with E-state index in [-0.39, 0.29) is 12.5 Å². The Hall–Kier alpha value is -1.30. The van der Waals surface area contributed by atoms with Gasteiger partial charge in [-0.05, 0) is 18.1 Å². The quantitative estimate of drug-likeness (QED) is 0.826. The molecule has 1 heterocycles. The molecule has 1 fully saturated rings. The van der Waals surface area contributed by atoms with Crippen molar-refractivity contribution in [2.24, 2.45) is 5.92 Å². The summed E-state index contributed by atoms with van der Waals surface area (Å²) in [5.41, 5.74) is 0. The van der Waals surface area contributed by atoms with E-state index in [1.165, 1.54) is 0 Å². The first-order chi connectivity index (χ1) is 11.1. The maximum atomic E-state index is 12.0. The second kappa shape index (κ2) is 9.11. The molecule has 128 valence electrons. The summed E-state index contributed by atoms with van der Waals surface area (Å²) in [6, 6.07) is 7.45. The Morgan fingerprint density at radius 3 is 2.70 bits per heavy atom. The van der Waals surface area contributed by atoms with Crippen molar-refractivity contribution in [3.63, 3.8) is 0 Å². The maximum Gasteiger partial charge on any atom is 0.257 e. The van der Waals surface area contributed by atoms with E-state index in [1.807, 2.05) is 12.1 Å². The first kappa shape index (κ1) is 18.0. The molecule has 6 heteroatoms. The molecule has 1 aliphatic heterocycles. The molecule has 23 heavy (non-hydrogen) atoms. The monoisotopic (exact) mass is 340 g/mol. The Balaban J connectivity index is 1.78. The maximum absolute atomic E-state index is 12.0. The zero-order valence-electron chi connectivity index (χ0n) is 13.8. The number of hydrogen-bond acceptors (Lipinski definition) is 4. The van der Waals surface area contributed by atoms with Crippen molar-refractivity contribution < 1.29 is 14.3 Å². The van der Waals surface area contributed by atoms with E-state index in [4.69, 9.17) is 21.1 Å². The van der Waals surface area contributed by atoms with Gasteiger partial charge in [-0.15, -0.1) is 0 Å². The molecular formula is C17H25ClN2O3. The third-order valence-electron chi connectivity index (χ3n) is 3.99. The number of nitrogens with one attached hydrogen (secondary N) is 1. The normalized spacial score (nSPS) is 17.0. The molecule has 1 atom stereocenters. The van der Waals surface area contributed by atoms with Crippen LogP contribution in [0.2, 0.25) is 5.02 Å². The van der Waals surface area contributed by atoms with Gasteiger partial charge in [-0.2, -0.15) is 0 Å². The number of halogens is 1. The van der Waals surface area contributed by atoms with Crippen molar-refractivity contribution in [3.8, 4) is 5.75 Å². The molecule has 1 unspecified atom stereocenters. The fourth-order valence-corrected chi connectivity index (χ4v) is 2.86. The van der Waals surface area contributed by atoms with Gasteiger partial charge in [0.1, 0.15) is 5.75 Å². The smallest absolute Gasteiger partial charge is 0.257 e. The molecule has 1 aromatic rings. The highest BCUT2D eigenvalue weighted by molar-refractivity contribution is 6.32. The number of carbonyl (C=O) groups is 1. The summed E-state index contributed by atoms with van der Waals surface area (Å²) in [7, 11) is 0. The van der Waals surface area contributed by atoms with Gasteiger partial charge in [-0.25, -0.2) is 0 Å². The van der Waals surface area contributed by atoms with Gasteiger partial charge in [0, 0.05) is 25.7 Å². The van der Waals surface area contributed by atoms with Crippen molar-refractivity contribution in [1.29, 1.82) is 0 Å². The van der Waals surface area contributed by atoms with E-state index in [1.54, 1.807) is 12.1 Å². The van der Waals surface area contributed by atoms with Crippen LogP contribution in [-0.2, 0) is 9.53 Å². The summed E-state index contributed by atoms with van der Waals surface area (Å²) >= 11 is 6.00. The zero-order chi connectivity index (χ0) is 16.7.